The van der Waals surface area contributed by atoms with Gasteiger partial charge in [-0.15, -0.1) is 16.4 Å². The Morgan fingerprint density at radius 2 is 0.567 bits per heavy atom. The fraction of sp³-hybridized carbons (Fsp3) is 0. The zero-order valence-corrected chi connectivity index (χ0v) is 36.6. The smallest absolute Gasteiger partial charge is 0.164 e. The highest BCUT2D eigenvalue weighted by Crippen LogP contribution is 2.31. The minimum absolute atomic E-state index is 0.636. The van der Waals surface area contributed by atoms with Crippen molar-refractivity contribution in [2.75, 3.05) is 0 Å². The Morgan fingerprint density at radius 1 is 0.267 bits per heavy atom. The van der Waals surface area contributed by atoms with Gasteiger partial charge in [0.1, 0.15) is 97.5 Å². The number of fused-ring (bicyclic) bond motifs is 3. The van der Waals surface area contributed by atoms with Crippen LogP contribution in [0.5, 0.6) is 0 Å². The number of nitrogens with zero attached hydrogens (tertiary/aromatic N) is 3. The standard InChI is InChI=1S/C45H40B11N3O/c46-30-25(26-32(48)36(52)38(54)37(53)33(26)49)34(50)39(55)41-27(30)28-31(47)29(35(51)40(56)42(28)60-41)45-58-43(23-15-11-21(12-16-23)19-7-3-1-4-8-19)57-44(59-45)24-17-13-22(14-18-24)20-9-5-2-6-10-20/h1-18H,46-56H2. The lowest BCUT2D eigenvalue weighted by molar-refractivity contribution is 0.675. The normalized spacial score (nSPS) is 11.4. The van der Waals surface area contributed by atoms with Crippen LogP contribution in [0.2, 0.25) is 0 Å². The van der Waals surface area contributed by atoms with Gasteiger partial charge in [-0.3, -0.25) is 0 Å². The molecule has 274 valence electrons. The predicted molar refractivity (Wildman–Crippen MR) is 290 cm³/mol. The summed E-state index contributed by atoms with van der Waals surface area (Å²) in [6.45, 7) is 0. The lowest BCUT2D eigenvalue weighted by Crippen LogP contribution is -2.56. The maximum Gasteiger partial charge on any atom is 0.164 e. The molecular formula is C45H40B11N3O. The van der Waals surface area contributed by atoms with E-state index in [1.807, 2.05) is 12.1 Å². The molecule has 0 atom stereocenters. The molecule has 0 aliphatic heterocycles. The molecule has 0 aliphatic rings. The number of aromatic nitrogens is 3. The predicted octanol–water partition coefficient (Wildman–Crippen LogP) is -7.38. The van der Waals surface area contributed by atoms with Crippen LogP contribution in [0.1, 0.15) is 0 Å². The van der Waals surface area contributed by atoms with Gasteiger partial charge in [0.05, 0.1) is 0 Å². The van der Waals surface area contributed by atoms with E-state index in [2.05, 4.69) is 183 Å². The summed E-state index contributed by atoms with van der Waals surface area (Å²) in [4.78, 5) is 15.8. The van der Waals surface area contributed by atoms with E-state index < -0.39 is 0 Å². The molecular weight excluding hydrogens is 717 g/mol. The fourth-order valence-corrected chi connectivity index (χ4v) is 9.42. The zero-order chi connectivity index (χ0) is 42.1. The second-order valence-electron chi connectivity index (χ2n) is 16.7. The number of hydrogen-bond acceptors (Lipinski definition) is 4. The Hall–Kier alpha value is -5.94. The largest absolute Gasteiger partial charge is 0.457 e. The molecule has 2 heterocycles. The maximum atomic E-state index is 6.97. The summed E-state index contributed by atoms with van der Waals surface area (Å²) in [7, 11) is 24.7. The molecule has 0 saturated carbocycles. The molecule has 0 radical (unpaired) electrons. The third-order valence-corrected chi connectivity index (χ3v) is 13.6. The third-order valence-electron chi connectivity index (χ3n) is 13.6. The Labute approximate surface area is 362 Å². The molecule has 9 aromatic rings. The number of hydrogen-bond donors (Lipinski definition) is 0. The van der Waals surface area contributed by atoms with E-state index in [4.69, 9.17) is 19.4 Å². The molecule has 4 nitrogen and oxygen atoms in total. The van der Waals surface area contributed by atoms with Crippen LogP contribution < -0.4 is 60.1 Å². The van der Waals surface area contributed by atoms with Gasteiger partial charge in [-0.05, 0) is 33.4 Å². The molecule has 0 N–H and O–H groups in total. The molecule has 9 rings (SSSR count). The van der Waals surface area contributed by atoms with Crippen molar-refractivity contribution in [1.82, 2.24) is 15.0 Å². The first-order valence-corrected chi connectivity index (χ1v) is 21.0. The highest BCUT2D eigenvalue weighted by molar-refractivity contribution is 6.71. The summed E-state index contributed by atoms with van der Waals surface area (Å²) in [5, 5.41) is 2.30. The van der Waals surface area contributed by atoms with Gasteiger partial charge in [0.15, 0.2) is 17.5 Å². The van der Waals surface area contributed by atoms with Gasteiger partial charge in [-0.25, -0.2) is 15.0 Å². The van der Waals surface area contributed by atoms with Crippen LogP contribution in [-0.4, -0.2) is 101 Å². The lowest BCUT2D eigenvalue weighted by atomic mass is 9.57. The zero-order valence-electron chi connectivity index (χ0n) is 36.6. The Bertz CT molecular complexity index is 3060. The van der Waals surface area contributed by atoms with Crippen LogP contribution in [0.25, 0.3) is 89.5 Å². The van der Waals surface area contributed by atoms with E-state index in [1.165, 1.54) is 71.3 Å². The Balaban J connectivity index is 1.29. The van der Waals surface area contributed by atoms with Crippen molar-refractivity contribution in [2.24, 2.45) is 0 Å². The average Bonchev–Trinajstić information content (AvgIpc) is 3.70. The van der Waals surface area contributed by atoms with E-state index in [1.54, 1.807) is 0 Å². The van der Waals surface area contributed by atoms with Crippen LogP contribution in [-0.2, 0) is 0 Å². The first-order valence-electron chi connectivity index (χ1n) is 21.0. The summed E-state index contributed by atoms with van der Waals surface area (Å²) in [5.74, 6) is 1.93. The van der Waals surface area contributed by atoms with E-state index in [-0.39, 0.29) is 0 Å². The number of benzene rings is 7. The maximum absolute atomic E-state index is 6.97. The van der Waals surface area contributed by atoms with Crippen molar-refractivity contribution < 1.29 is 4.42 Å². The minimum Gasteiger partial charge on any atom is -0.457 e. The molecule has 60 heavy (non-hydrogen) atoms. The molecule has 0 bridgehead atoms. The van der Waals surface area contributed by atoms with Crippen LogP contribution in [0.4, 0.5) is 0 Å². The molecule has 0 spiro atoms. The Kier molecular flexibility index (Phi) is 10.1. The van der Waals surface area contributed by atoms with E-state index >= 15 is 0 Å². The first-order chi connectivity index (χ1) is 28.8. The highest BCUT2D eigenvalue weighted by atomic mass is 16.3. The molecule has 7 aromatic carbocycles. The first kappa shape index (κ1) is 39.5. The van der Waals surface area contributed by atoms with Crippen molar-refractivity contribution in [1.29, 1.82) is 0 Å². The van der Waals surface area contributed by atoms with Gasteiger partial charge in [0.2, 0.25) is 0 Å². The van der Waals surface area contributed by atoms with Gasteiger partial charge in [-0.1, -0.05) is 153 Å². The monoisotopic (exact) mass is 759 g/mol. The van der Waals surface area contributed by atoms with E-state index in [0.29, 0.717) is 17.5 Å². The summed E-state index contributed by atoms with van der Waals surface area (Å²) < 4.78 is 6.97. The second-order valence-corrected chi connectivity index (χ2v) is 16.7. The highest BCUT2D eigenvalue weighted by Gasteiger charge is 2.27. The van der Waals surface area contributed by atoms with Crippen molar-refractivity contribution >= 4 is 168 Å². The molecule has 0 amide bonds. The second kappa shape index (κ2) is 15.3. The van der Waals surface area contributed by atoms with Crippen molar-refractivity contribution in [3.63, 3.8) is 0 Å². The SMILES string of the molecule is Bc1c(B)c(B)c(-c2c(B)c(B)c3oc4c(B)c(B)c(-c5nc(-c6ccc(-c7ccccc7)cc6)nc(-c6ccc(-c7ccccc7)cc6)n5)c(B)c4c3c2B)c(B)c1B. The van der Waals surface area contributed by atoms with Crippen molar-refractivity contribution in [3.8, 4) is 67.5 Å². The van der Waals surface area contributed by atoms with Gasteiger partial charge in [0.25, 0.3) is 0 Å². The van der Waals surface area contributed by atoms with Crippen molar-refractivity contribution in [2.45, 2.75) is 0 Å². The van der Waals surface area contributed by atoms with E-state index in [0.717, 1.165) is 60.8 Å². The van der Waals surface area contributed by atoms with E-state index in [9.17, 15) is 0 Å². The summed E-state index contributed by atoms with van der Waals surface area (Å²) >= 11 is 0. The molecule has 2 aromatic heterocycles. The van der Waals surface area contributed by atoms with Crippen LogP contribution in [0, 0.1) is 0 Å². The van der Waals surface area contributed by atoms with Crippen LogP contribution in [0.15, 0.2) is 114 Å². The Morgan fingerprint density at radius 3 is 1.00 bits per heavy atom. The summed E-state index contributed by atoms with van der Waals surface area (Å²) in [6.07, 6.45) is 0. The van der Waals surface area contributed by atoms with Gasteiger partial charge in [0, 0.05) is 27.5 Å². The number of furan rings is 1. The average molecular weight is 758 g/mol. The molecule has 0 fully saturated rings. The molecule has 0 saturated heterocycles. The van der Waals surface area contributed by atoms with Crippen LogP contribution >= 0.6 is 0 Å². The van der Waals surface area contributed by atoms with Gasteiger partial charge >= 0.3 is 0 Å². The summed E-state index contributed by atoms with van der Waals surface area (Å²) in [5.41, 5.74) is 25.8. The minimum atomic E-state index is 0.636. The van der Waals surface area contributed by atoms with Gasteiger partial charge < -0.3 is 4.42 Å². The summed E-state index contributed by atoms with van der Waals surface area (Å²) in [6, 6.07) is 38.0. The van der Waals surface area contributed by atoms with Crippen molar-refractivity contribution in [3.05, 3.63) is 109 Å². The quantitative estimate of drug-likeness (QED) is 0.159. The topological polar surface area (TPSA) is 51.8 Å². The number of rotatable bonds is 6. The fourth-order valence-electron chi connectivity index (χ4n) is 9.42. The molecule has 15 heteroatoms. The lowest BCUT2D eigenvalue weighted by Gasteiger charge is -2.25. The molecule has 0 aliphatic carbocycles. The molecule has 0 unspecified atom stereocenters. The van der Waals surface area contributed by atoms with Gasteiger partial charge in [-0.2, -0.15) is 0 Å². The van der Waals surface area contributed by atoms with Crippen LogP contribution in [0.3, 0.4) is 0 Å². The third kappa shape index (κ3) is 6.36.